The van der Waals surface area contributed by atoms with E-state index in [9.17, 15) is 22.0 Å². The van der Waals surface area contributed by atoms with E-state index in [1.165, 1.54) is 6.07 Å². The van der Waals surface area contributed by atoms with Crippen molar-refractivity contribution in [2.75, 3.05) is 13.2 Å². The van der Waals surface area contributed by atoms with Gasteiger partial charge in [-0.1, -0.05) is 0 Å². The molecule has 1 N–H and O–H groups in total. The quantitative estimate of drug-likeness (QED) is 0.863. The predicted molar refractivity (Wildman–Crippen MR) is 54.6 cm³/mol. The van der Waals surface area contributed by atoms with Crippen LogP contribution in [0.1, 0.15) is 0 Å². The van der Waals surface area contributed by atoms with Crippen LogP contribution in [0.15, 0.2) is 18.2 Å². The van der Waals surface area contributed by atoms with Crippen LogP contribution in [0.2, 0.25) is 0 Å². The van der Waals surface area contributed by atoms with E-state index in [1.807, 2.05) is 0 Å². The largest absolute Gasteiger partial charge is 0.491 e. The minimum atomic E-state index is -4.49. The predicted octanol–water partition coefficient (Wildman–Crippen LogP) is 2.22. The lowest BCUT2D eigenvalue weighted by molar-refractivity contribution is -0.221. The van der Waals surface area contributed by atoms with Crippen molar-refractivity contribution >= 4 is 0 Å². The highest BCUT2D eigenvalue weighted by Gasteiger charge is 2.45. The molecule has 0 amide bonds. The fraction of sp³-hybridized carbons (Fsp3) is 0.455. The van der Waals surface area contributed by atoms with E-state index >= 15 is 0 Å². The topological polar surface area (TPSA) is 30.5 Å². The number of benzene rings is 1. The summed E-state index contributed by atoms with van der Waals surface area (Å²) in [4.78, 5) is 0. The lowest BCUT2D eigenvalue weighted by Crippen LogP contribution is -2.38. The molecule has 1 fully saturated rings. The summed E-state index contributed by atoms with van der Waals surface area (Å²) in [7, 11) is 0. The molecule has 0 aliphatic carbocycles. The van der Waals surface area contributed by atoms with E-state index in [-0.39, 0.29) is 18.9 Å². The van der Waals surface area contributed by atoms with Gasteiger partial charge < -0.3 is 9.47 Å². The molecule has 0 spiro atoms. The van der Waals surface area contributed by atoms with Crippen LogP contribution in [-0.2, 0) is 4.74 Å². The molecule has 0 radical (unpaired) electrons. The Morgan fingerprint density at radius 2 is 2.00 bits per heavy atom. The Morgan fingerprint density at radius 1 is 1.26 bits per heavy atom. The zero-order valence-corrected chi connectivity index (χ0v) is 9.51. The summed E-state index contributed by atoms with van der Waals surface area (Å²) in [6.07, 6.45) is -7.32. The smallest absolute Gasteiger partial charge is 0.428 e. The van der Waals surface area contributed by atoms with E-state index in [2.05, 4.69) is 10.1 Å². The molecule has 1 aliphatic rings. The average Bonchev–Trinajstić information content (AvgIpc) is 2.79. The number of hydrogen-bond donors (Lipinski definition) is 1. The SMILES string of the molecule is Fc1ccc(OC[C@@H]2CN[C@@H](C(F)(F)F)O2)cc1F. The van der Waals surface area contributed by atoms with Gasteiger partial charge in [0.25, 0.3) is 0 Å². The lowest BCUT2D eigenvalue weighted by Gasteiger charge is -2.15. The Kier molecular flexibility index (Phi) is 3.91. The van der Waals surface area contributed by atoms with Crippen molar-refractivity contribution in [3.63, 3.8) is 0 Å². The van der Waals surface area contributed by atoms with Gasteiger partial charge in [0.05, 0.1) is 0 Å². The van der Waals surface area contributed by atoms with Crippen molar-refractivity contribution in [2.24, 2.45) is 0 Å². The molecule has 0 unspecified atom stereocenters. The Hall–Kier alpha value is -1.41. The van der Waals surface area contributed by atoms with Crippen LogP contribution in [-0.4, -0.2) is 31.7 Å². The van der Waals surface area contributed by atoms with E-state index in [0.717, 1.165) is 12.1 Å². The molecular weight excluding hydrogens is 273 g/mol. The number of rotatable bonds is 3. The van der Waals surface area contributed by atoms with Crippen molar-refractivity contribution < 1.29 is 31.4 Å². The molecular formula is C11H10F5NO2. The monoisotopic (exact) mass is 283 g/mol. The van der Waals surface area contributed by atoms with Crippen LogP contribution >= 0.6 is 0 Å². The Labute approximate surface area is 105 Å². The molecule has 1 heterocycles. The van der Waals surface area contributed by atoms with Gasteiger partial charge in [-0.3, -0.25) is 5.32 Å². The van der Waals surface area contributed by atoms with Crippen molar-refractivity contribution in [3.8, 4) is 5.75 Å². The van der Waals surface area contributed by atoms with Gasteiger partial charge in [-0.05, 0) is 12.1 Å². The Balaban J connectivity index is 1.85. The highest BCUT2D eigenvalue weighted by Crippen LogP contribution is 2.25. The van der Waals surface area contributed by atoms with Crippen LogP contribution in [0.3, 0.4) is 0 Å². The molecule has 8 heteroatoms. The van der Waals surface area contributed by atoms with Gasteiger partial charge in [0.15, 0.2) is 11.6 Å². The number of hydrogen-bond acceptors (Lipinski definition) is 3. The molecule has 0 bridgehead atoms. The maximum atomic E-state index is 12.9. The molecule has 0 saturated carbocycles. The summed E-state index contributed by atoms with van der Waals surface area (Å²) in [5, 5.41) is 2.14. The van der Waals surface area contributed by atoms with E-state index < -0.39 is 30.1 Å². The maximum absolute atomic E-state index is 12.9. The molecule has 3 nitrogen and oxygen atoms in total. The van der Waals surface area contributed by atoms with Crippen molar-refractivity contribution in [1.29, 1.82) is 0 Å². The summed E-state index contributed by atoms with van der Waals surface area (Å²) in [5.41, 5.74) is 0. The Morgan fingerprint density at radius 3 is 2.58 bits per heavy atom. The minimum Gasteiger partial charge on any atom is -0.491 e. The lowest BCUT2D eigenvalue weighted by atomic mass is 10.3. The summed E-state index contributed by atoms with van der Waals surface area (Å²) in [6.45, 7) is -0.224. The first-order valence-electron chi connectivity index (χ1n) is 5.39. The summed E-state index contributed by atoms with van der Waals surface area (Å²) >= 11 is 0. The molecule has 1 aliphatic heterocycles. The van der Waals surface area contributed by atoms with Crippen LogP contribution in [0, 0.1) is 11.6 Å². The first-order valence-corrected chi connectivity index (χ1v) is 5.39. The molecule has 2 rings (SSSR count). The van der Waals surface area contributed by atoms with Crippen LogP contribution in [0.4, 0.5) is 22.0 Å². The zero-order valence-electron chi connectivity index (χ0n) is 9.51. The van der Waals surface area contributed by atoms with Crippen molar-refractivity contribution in [3.05, 3.63) is 29.8 Å². The van der Waals surface area contributed by atoms with Gasteiger partial charge in [0.1, 0.15) is 18.5 Å². The number of alkyl halides is 3. The normalized spacial score (nSPS) is 23.6. The third kappa shape index (κ3) is 3.54. The minimum absolute atomic E-state index is 0.0259. The molecule has 0 aromatic heterocycles. The molecule has 1 aromatic rings. The zero-order chi connectivity index (χ0) is 14.0. The number of nitrogens with one attached hydrogen (secondary N) is 1. The summed E-state index contributed by atoms with van der Waals surface area (Å²) in [5.74, 6) is -2.09. The summed E-state index contributed by atoms with van der Waals surface area (Å²) < 4.78 is 72.0. The van der Waals surface area contributed by atoms with Gasteiger partial charge in [0, 0.05) is 12.6 Å². The first-order chi connectivity index (χ1) is 8.86. The van der Waals surface area contributed by atoms with Crippen molar-refractivity contribution in [2.45, 2.75) is 18.5 Å². The van der Waals surface area contributed by atoms with Crippen LogP contribution in [0.25, 0.3) is 0 Å². The average molecular weight is 283 g/mol. The molecule has 1 saturated heterocycles. The van der Waals surface area contributed by atoms with E-state index in [0.29, 0.717) is 0 Å². The third-order valence-corrected chi connectivity index (χ3v) is 2.48. The second kappa shape index (κ2) is 5.30. The Bertz CT molecular complexity index is 451. The van der Waals surface area contributed by atoms with E-state index in [4.69, 9.17) is 4.74 Å². The fourth-order valence-electron chi connectivity index (χ4n) is 1.57. The highest BCUT2D eigenvalue weighted by atomic mass is 19.4. The molecule has 2 atom stereocenters. The fourth-order valence-corrected chi connectivity index (χ4v) is 1.57. The van der Waals surface area contributed by atoms with Gasteiger partial charge in [-0.25, -0.2) is 8.78 Å². The van der Waals surface area contributed by atoms with Gasteiger partial charge in [0.2, 0.25) is 6.23 Å². The molecule has 19 heavy (non-hydrogen) atoms. The van der Waals surface area contributed by atoms with Crippen LogP contribution < -0.4 is 10.1 Å². The van der Waals surface area contributed by atoms with Gasteiger partial charge in [-0.15, -0.1) is 0 Å². The second-order valence-corrected chi connectivity index (χ2v) is 3.97. The van der Waals surface area contributed by atoms with Gasteiger partial charge in [-0.2, -0.15) is 13.2 Å². The molecule has 1 aromatic carbocycles. The van der Waals surface area contributed by atoms with E-state index in [1.54, 1.807) is 0 Å². The maximum Gasteiger partial charge on any atom is 0.428 e. The second-order valence-electron chi connectivity index (χ2n) is 3.97. The number of halogens is 5. The third-order valence-electron chi connectivity index (χ3n) is 2.48. The van der Waals surface area contributed by atoms with Gasteiger partial charge >= 0.3 is 6.18 Å². The number of ether oxygens (including phenoxy) is 2. The first kappa shape index (κ1) is 14.0. The standard InChI is InChI=1S/C11H10F5NO2/c12-8-2-1-6(3-9(8)13)18-5-7-4-17-10(19-7)11(14,15)16/h1-3,7,10,17H,4-5H2/t7-,10+/m0/s1. The van der Waals surface area contributed by atoms with Crippen molar-refractivity contribution in [1.82, 2.24) is 5.32 Å². The highest BCUT2D eigenvalue weighted by molar-refractivity contribution is 5.23. The molecule has 106 valence electrons. The van der Waals surface area contributed by atoms with Crippen LogP contribution in [0.5, 0.6) is 5.75 Å². The summed E-state index contributed by atoms with van der Waals surface area (Å²) in [6, 6.07) is 2.87.